The molecule has 4 aromatic rings. The molecule has 246 valence electrons. The van der Waals surface area contributed by atoms with E-state index >= 15 is 0 Å². The Hall–Kier alpha value is -4.46. The van der Waals surface area contributed by atoms with Gasteiger partial charge in [0.15, 0.2) is 15.9 Å². The van der Waals surface area contributed by atoms with Crippen LogP contribution in [0.1, 0.15) is 47.7 Å². The lowest BCUT2D eigenvalue weighted by Crippen LogP contribution is -2.21. The molecule has 14 heteroatoms. The van der Waals surface area contributed by atoms with E-state index in [2.05, 4.69) is 25.9 Å². The van der Waals surface area contributed by atoms with Gasteiger partial charge in [0.25, 0.3) is 5.56 Å². The second-order valence-electron chi connectivity index (χ2n) is 11.0. The van der Waals surface area contributed by atoms with E-state index < -0.39 is 33.2 Å². The van der Waals surface area contributed by atoms with Crippen molar-refractivity contribution in [1.29, 1.82) is 0 Å². The Labute approximate surface area is 273 Å². The lowest BCUT2D eigenvalue weighted by atomic mass is 9.94. The molecule has 12 nitrogen and oxygen atoms in total. The SMILES string of the molecule is CNCc1cc(NC(=O)OCCc2c(C)cc(C(Nc3ccc4nc[nH]c(=O)c4c3)C(=O)O)cc2C)ccc1S(=O)(=O)C(C)C.Cl. The highest BCUT2D eigenvalue weighted by Gasteiger charge is 2.24. The maximum absolute atomic E-state index is 12.7. The first-order chi connectivity index (χ1) is 21.3. The fourth-order valence-corrected chi connectivity index (χ4v) is 6.38. The molecular formula is C32H38ClN5O7S. The molecule has 46 heavy (non-hydrogen) atoms. The van der Waals surface area contributed by atoms with Crippen molar-refractivity contribution in [2.24, 2.45) is 0 Å². The van der Waals surface area contributed by atoms with Gasteiger partial charge in [0.05, 0.1) is 34.0 Å². The fourth-order valence-electron chi connectivity index (χ4n) is 5.12. The van der Waals surface area contributed by atoms with Crippen LogP contribution in [0.2, 0.25) is 0 Å². The predicted molar refractivity (Wildman–Crippen MR) is 180 cm³/mol. The molecule has 1 heterocycles. The monoisotopic (exact) mass is 671 g/mol. The van der Waals surface area contributed by atoms with Crippen LogP contribution in [0.15, 0.2) is 64.5 Å². The van der Waals surface area contributed by atoms with E-state index in [9.17, 15) is 27.9 Å². The first-order valence-electron chi connectivity index (χ1n) is 14.3. The summed E-state index contributed by atoms with van der Waals surface area (Å²) >= 11 is 0. The minimum absolute atomic E-state index is 0. The van der Waals surface area contributed by atoms with E-state index in [0.29, 0.717) is 46.4 Å². The number of benzene rings is 3. The number of hydrogen-bond acceptors (Lipinski definition) is 9. The summed E-state index contributed by atoms with van der Waals surface area (Å²) in [5.74, 6) is -1.09. The third kappa shape index (κ3) is 8.22. The number of aryl methyl sites for hydroxylation is 2. The maximum Gasteiger partial charge on any atom is 0.411 e. The van der Waals surface area contributed by atoms with Crippen LogP contribution in [-0.2, 0) is 32.3 Å². The number of hydrogen-bond donors (Lipinski definition) is 5. The number of carboxylic acid groups (broad SMARTS) is 1. The molecular weight excluding hydrogens is 634 g/mol. The van der Waals surface area contributed by atoms with E-state index in [0.717, 1.165) is 16.7 Å². The zero-order valence-corrected chi connectivity index (χ0v) is 27.8. The highest BCUT2D eigenvalue weighted by molar-refractivity contribution is 7.92. The molecule has 5 N–H and O–H groups in total. The normalized spacial score (nSPS) is 12.0. The number of ether oxygens (including phenoxy) is 1. The average molecular weight is 672 g/mol. The molecule has 1 unspecified atom stereocenters. The highest BCUT2D eigenvalue weighted by atomic mass is 35.5. The Balaban J connectivity index is 0.00000576. The van der Waals surface area contributed by atoms with Gasteiger partial charge in [-0.1, -0.05) is 12.1 Å². The summed E-state index contributed by atoms with van der Waals surface area (Å²) in [5, 5.41) is 18.4. The highest BCUT2D eigenvalue weighted by Crippen LogP contribution is 2.27. The first-order valence-corrected chi connectivity index (χ1v) is 15.9. The van der Waals surface area contributed by atoms with E-state index in [1.54, 1.807) is 57.3 Å². The number of aromatic amines is 1. The van der Waals surface area contributed by atoms with Gasteiger partial charge in [-0.05, 0) is 99.0 Å². The summed E-state index contributed by atoms with van der Waals surface area (Å²) in [7, 11) is -1.79. The molecule has 4 rings (SSSR count). The number of halogens is 1. The number of sulfone groups is 1. The lowest BCUT2D eigenvalue weighted by Gasteiger charge is -2.20. The number of carboxylic acids is 1. The van der Waals surface area contributed by atoms with Crippen molar-refractivity contribution in [3.63, 3.8) is 0 Å². The number of nitrogens with one attached hydrogen (secondary N) is 4. The van der Waals surface area contributed by atoms with Gasteiger partial charge in [-0.15, -0.1) is 12.4 Å². The molecule has 0 saturated carbocycles. The van der Waals surface area contributed by atoms with Gasteiger partial charge in [-0.25, -0.2) is 23.0 Å². The number of rotatable bonds is 12. The Morgan fingerprint density at radius 3 is 2.33 bits per heavy atom. The summed E-state index contributed by atoms with van der Waals surface area (Å²) in [6.07, 6.45) is 1.02. The van der Waals surface area contributed by atoms with E-state index in [1.165, 1.54) is 18.5 Å². The van der Waals surface area contributed by atoms with E-state index in [4.69, 9.17) is 4.74 Å². The van der Waals surface area contributed by atoms with Gasteiger partial charge >= 0.3 is 12.1 Å². The van der Waals surface area contributed by atoms with Crippen LogP contribution in [0, 0.1) is 13.8 Å². The number of anilines is 2. The number of H-pyrrole nitrogens is 1. The zero-order chi connectivity index (χ0) is 32.9. The molecule has 0 aliphatic heterocycles. The van der Waals surface area contributed by atoms with Gasteiger partial charge < -0.3 is 25.5 Å². The summed E-state index contributed by atoms with van der Waals surface area (Å²) in [5.41, 5.74) is 4.69. The van der Waals surface area contributed by atoms with Crippen LogP contribution in [0.5, 0.6) is 0 Å². The van der Waals surface area contributed by atoms with Gasteiger partial charge in [-0.2, -0.15) is 0 Å². The van der Waals surface area contributed by atoms with E-state index in [-0.39, 0.29) is 29.5 Å². The molecule has 0 saturated heterocycles. The van der Waals surface area contributed by atoms with Gasteiger partial charge in [0.2, 0.25) is 0 Å². The van der Waals surface area contributed by atoms with Crippen molar-refractivity contribution >= 4 is 56.6 Å². The van der Waals surface area contributed by atoms with Crippen molar-refractivity contribution in [1.82, 2.24) is 15.3 Å². The molecule has 3 aromatic carbocycles. The number of aromatic nitrogens is 2. The number of carbonyl (C=O) groups excluding carboxylic acids is 1. The summed E-state index contributed by atoms with van der Waals surface area (Å²) in [4.78, 5) is 43.8. The third-order valence-electron chi connectivity index (χ3n) is 7.44. The molecule has 0 aliphatic rings. The van der Waals surface area contributed by atoms with Gasteiger partial charge in [0.1, 0.15) is 0 Å². The predicted octanol–water partition coefficient (Wildman–Crippen LogP) is 4.89. The molecule has 1 amide bonds. The molecule has 1 atom stereocenters. The molecule has 0 bridgehead atoms. The second kappa shape index (κ2) is 15.2. The van der Waals surface area contributed by atoms with Crippen molar-refractivity contribution in [2.75, 3.05) is 24.3 Å². The van der Waals surface area contributed by atoms with Crippen LogP contribution >= 0.6 is 12.4 Å². The lowest BCUT2D eigenvalue weighted by molar-refractivity contribution is -0.138. The Morgan fingerprint density at radius 2 is 1.70 bits per heavy atom. The smallest absolute Gasteiger partial charge is 0.411 e. The molecule has 0 radical (unpaired) electrons. The second-order valence-corrected chi connectivity index (χ2v) is 13.4. The van der Waals surface area contributed by atoms with Crippen LogP contribution in [0.4, 0.5) is 16.2 Å². The quantitative estimate of drug-likeness (QED) is 0.139. The topological polar surface area (TPSA) is 180 Å². The molecule has 0 spiro atoms. The molecule has 1 aromatic heterocycles. The van der Waals surface area contributed by atoms with Crippen LogP contribution in [0.3, 0.4) is 0 Å². The standard InChI is InChI=1S/C32H37N5O7S.ClH/c1-18(2)45(42,43)28-9-7-23(14-22(28)16-33-5)37-32(41)44-11-10-25-19(3)12-21(13-20(25)4)29(31(39)40)36-24-6-8-27-26(15-24)30(38)35-17-34-27;/h6-9,12-15,17-18,29,33,36H,10-11,16H2,1-5H3,(H,37,41)(H,39,40)(H,34,35,38);1H. The number of aliphatic carboxylic acids is 1. The van der Waals surface area contributed by atoms with Crippen LogP contribution in [0.25, 0.3) is 10.9 Å². The van der Waals surface area contributed by atoms with Crippen molar-refractivity contribution in [3.8, 4) is 0 Å². The van der Waals surface area contributed by atoms with E-state index in [1.807, 2.05) is 13.8 Å². The minimum atomic E-state index is -3.50. The van der Waals surface area contributed by atoms with Gasteiger partial charge in [0, 0.05) is 24.3 Å². The number of amides is 1. The average Bonchev–Trinajstić information content (AvgIpc) is 2.97. The van der Waals surface area contributed by atoms with Crippen molar-refractivity contribution in [3.05, 3.63) is 93.0 Å². The molecule has 0 fully saturated rings. The maximum atomic E-state index is 12.7. The Morgan fingerprint density at radius 1 is 1.02 bits per heavy atom. The minimum Gasteiger partial charge on any atom is -0.479 e. The van der Waals surface area contributed by atoms with Gasteiger partial charge in [-0.3, -0.25) is 10.1 Å². The van der Waals surface area contributed by atoms with Crippen molar-refractivity contribution in [2.45, 2.75) is 56.8 Å². The zero-order valence-electron chi connectivity index (χ0n) is 26.1. The molecule has 0 aliphatic carbocycles. The first kappa shape index (κ1) is 36.0. The number of carbonyl (C=O) groups is 2. The summed E-state index contributed by atoms with van der Waals surface area (Å²) in [6.45, 7) is 7.34. The Bertz CT molecular complexity index is 1890. The summed E-state index contributed by atoms with van der Waals surface area (Å²) in [6, 6.07) is 12.0. The largest absolute Gasteiger partial charge is 0.479 e. The van der Waals surface area contributed by atoms with Crippen LogP contribution in [-0.4, -0.2) is 54.5 Å². The van der Waals surface area contributed by atoms with Crippen molar-refractivity contribution < 1.29 is 27.9 Å². The Kier molecular flexibility index (Phi) is 11.9. The summed E-state index contributed by atoms with van der Waals surface area (Å²) < 4.78 is 30.9. The third-order valence-corrected chi connectivity index (χ3v) is 9.69. The van der Waals surface area contributed by atoms with Crippen LogP contribution < -0.4 is 21.5 Å². The fraction of sp³-hybridized carbons (Fsp3) is 0.312. The number of nitrogens with zero attached hydrogens (tertiary/aromatic N) is 1. The number of fused-ring (bicyclic) bond motifs is 1.